The summed E-state index contributed by atoms with van der Waals surface area (Å²) in [6, 6.07) is 0.248. The number of piperidine rings is 1. The second-order valence-electron chi connectivity index (χ2n) is 4.69. The van der Waals surface area contributed by atoms with Gasteiger partial charge in [0.05, 0.1) is 12.2 Å². The molecule has 1 aliphatic heterocycles. The first-order valence-electron chi connectivity index (χ1n) is 6.12. The predicted molar refractivity (Wildman–Crippen MR) is 67.5 cm³/mol. The van der Waals surface area contributed by atoms with E-state index in [9.17, 15) is 5.11 Å². The van der Waals surface area contributed by atoms with Gasteiger partial charge in [0.15, 0.2) is 0 Å². The third-order valence-electron chi connectivity index (χ3n) is 3.02. The van der Waals surface area contributed by atoms with E-state index in [0.717, 1.165) is 0 Å². The Kier molecular flexibility index (Phi) is 3.51. The Morgan fingerprint density at radius 2 is 2.00 bits per heavy atom. The fourth-order valence-electron chi connectivity index (χ4n) is 1.88. The molecule has 0 saturated carbocycles. The Labute approximate surface area is 106 Å². The molecule has 1 aliphatic rings. The summed E-state index contributed by atoms with van der Waals surface area (Å²) in [5, 5.41) is 9.90. The Hall–Kier alpha value is -1.63. The van der Waals surface area contributed by atoms with Gasteiger partial charge >= 0.3 is 6.01 Å². The van der Waals surface area contributed by atoms with E-state index in [-0.39, 0.29) is 12.0 Å². The smallest absolute Gasteiger partial charge is 0.323 e. The molecule has 0 amide bonds. The van der Waals surface area contributed by atoms with Gasteiger partial charge in [-0.3, -0.25) is 0 Å². The fourth-order valence-corrected chi connectivity index (χ4v) is 1.88. The van der Waals surface area contributed by atoms with Crippen LogP contribution in [0, 0.1) is 0 Å². The van der Waals surface area contributed by atoms with Crippen molar-refractivity contribution in [3.8, 4) is 6.01 Å². The van der Waals surface area contributed by atoms with E-state index in [0.29, 0.717) is 38.5 Å². The van der Waals surface area contributed by atoms with Gasteiger partial charge in [0.25, 0.3) is 0 Å². The van der Waals surface area contributed by atoms with Crippen LogP contribution in [-0.2, 0) is 0 Å². The van der Waals surface area contributed by atoms with E-state index in [2.05, 4.69) is 15.0 Å². The standard InChI is InChI=1S/C11H19N5O2/c1-3-18-10-14-8(12)13-9(15-10)16-6-4-11(2,17)5-7-16/h17H,3-7H2,1-2H3,(H2,12,13,14,15). The Bertz CT molecular complexity index is 414. The first-order valence-corrected chi connectivity index (χ1v) is 6.12. The van der Waals surface area contributed by atoms with E-state index in [1.165, 1.54) is 0 Å². The van der Waals surface area contributed by atoms with Crippen LogP contribution in [0.5, 0.6) is 6.01 Å². The van der Waals surface area contributed by atoms with Gasteiger partial charge in [-0.25, -0.2) is 0 Å². The van der Waals surface area contributed by atoms with Crippen molar-refractivity contribution < 1.29 is 9.84 Å². The molecule has 0 bridgehead atoms. The van der Waals surface area contributed by atoms with Crippen molar-refractivity contribution in [3.63, 3.8) is 0 Å². The van der Waals surface area contributed by atoms with Crippen LogP contribution in [-0.4, -0.2) is 45.4 Å². The predicted octanol–water partition coefficient (Wildman–Crippen LogP) is 0.204. The summed E-state index contributed by atoms with van der Waals surface area (Å²) in [6.07, 6.45) is 1.37. The summed E-state index contributed by atoms with van der Waals surface area (Å²) in [7, 11) is 0. The quantitative estimate of drug-likeness (QED) is 0.794. The lowest BCUT2D eigenvalue weighted by atomic mass is 9.94. The van der Waals surface area contributed by atoms with Crippen molar-refractivity contribution in [2.75, 3.05) is 30.3 Å². The maximum absolute atomic E-state index is 9.90. The van der Waals surface area contributed by atoms with Crippen molar-refractivity contribution in [1.82, 2.24) is 15.0 Å². The molecule has 18 heavy (non-hydrogen) atoms. The minimum Gasteiger partial charge on any atom is -0.464 e. The Morgan fingerprint density at radius 1 is 1.33 bits per heavy atom. The number of aliphatic hydroxyl groups is 1. The lowest BCUT2D eigenvalue weighted by molar-refractivity contribution is 0.0348. The molecular weight excluding hydrogens is 234 g/mol. The first-order chi connectivity index (χ1) is 8.50. The van der Waals surface area contributed by atoms with Crippen molar-refractivity contribution in [2.24, 2.45) is 0 Å². The van der Waals surface area contributed by atoms with Gasteiger partial charge in [-0.05, 0) is 26.7 Å². The Balaban J connectivity index is 2.13. The first kappa shape index (κ1) is 12.8. The van der Waals surface area contributed by atoms with Crippen LogP contribution in [0.3, 0.4) is 0 Å². The van der Waals surface area contributed by atoms with Gasteiger partial charge in [0, 0.05) is 13.1 Å². The molecule has 1 fully saturated rings. The van der Waals surface area contributed by atoms with Gasteiger partial charge in [-0.2, -0.15) is 15.0 Å². The summed E-state index contributed by atoms with van der Waals surface area (Å²) >= 11 is 0. The average molecular weight is 253 g/mol. The van der Waals surface area contributed by atoms with Gasteiger partial charge in [0.1, 0.15) is 0 Å². The van der Waals surface area contributed by atoms with Gasteiger partial charge in [-0.1, -0.05) is 0 Å². The zero-order valence-electron chi connectivity index (χ0n) is 10.8. The van der Waals surface area contributed by atoms with E-state index in [4.69, 9.17) is 10.5 Å². The van der Waals surface area contributed by atoms with Gasteiger partial charge < -0.3 is 20.5 Å². The summed E-state index contributed by atoms with van der Waals surface area (Å²) in [6.45, 7) is 5.58. The zero-order chi connectivity index (χ0) is 13.2. The number of anilines is 2. The monoisotopic (exact) mass is 253 g/mol. The van der Waals surface area contributed by atoms with Crippen LogP contribution in [0.25, 0.3) is 0 Å². The lowest BCUT2D eigenvalue weighted by Gasteiger charge is -2.35. The second-order valence-corrected chi connectivity index (χ2v) is 4.69. The highest BCUT2D eigenvalue weighted by atomic mass is 16.5. The summed E-state index contributed by atoms with van der Waals surface area (Å²) in [4.78, 5) is 14.2. The largest absolute Gasteiger partial charge is 0.464 e. The SMILES string of the molecule is CCOc1nc(N)nc(N2CCC(C)(O)CC2)n1. The number of hydrogen-bond acceptors (Lipinski definition) is 7. The Morgan fingerprint density at radius 3 is 2.61 bits per heavy atom. The van der Waals surface area contributed by atoms with Crippen molar-refractivity contribution in [3.05, 3.63) is 0 Å². The summed E-state index contributed by atoms with van der Waals surface area (Å²) in [5.41, 5.74) is 5.03. The van der Waals surface area contributed by atoms with Crippen molar-refractivity contribution >= 4 is 11.9 Å². The molecule has 0 atom stereocenters. The number of nitrogens with zero attached hydrogens (tertiary/aromatic N) is 4. The molecule has 1 aromatic heterocycles. The third-order valence-corrected chi connectivity index (χ3v) is 3.02. The number of nitrogen functional groups attached to an aromatic ring is 1. The molecule has 100 valence electrons. The third kappa shape index (κ3) is 2.98. The van der Waals surface area contributed by atoms with Crippen LogP contribution in [0.15, 0.2) is 0 Å². The highest BCUT2D eigenvalue weighted by Gasteiger charge is 2.28. The van der Waals surface area contributed by atoms with Crippen molar-refractivity contribution in [2.45, 2.75) is 32.3 Å². The number of hydrogen-bond donors (Lipinski definition) is 2. The second kappa shape index (κ2) is 4.93. The van der Waals surface area contributed by atoms with Crippen LogP contribution >= 0.6 is 0 Å². The molecule has 2 heterocycles. The molecule has 2 rings (SSSR count). The minimum atomic E-state index is -0.599. The van der Waals surface area contributed by atoms with Crippen molar-refractivity contribution in [1.29, 1.82) is 0 Å². The van der Waals surface area contributed by atoms with Crippen LogP contribution in [0.4, 0.5) is 11.9 Å². The zero-order valence-corrected chi connectivity index (χ0v) is 10.8. The number of nitrogens with two attached hydrogens (primary N) is 1. The van der Waals surface area contributed by atoms with Gasteiger partial charge in [-0.15, -0.1) is 0 Å². The maximum Gasteiger partial charge on any atom is 0.323 e. The number of ether oxygens (including phenoxy) is 1. The molecule has 0 spiro atoms. The highest BCUT2D eigenvalue weighted by Crippen LogP contribution is 2.24. The average Bonchev–Trinajstić information content (AvgIpc) is 2.28. The van der Waals surface area contributed by atoms with Crippen LogP contribution < -0.4 is 15.4 Å². The lowest BCUT2D eigenvalue weighted by Crippen LogP contribution is -2.43. The molecule has 7 nitrogen and oxygen atoms in total. The number of rotatable bonds is 3. The van der Waals surface area contributed by atoms with E-state index in [1.54, 1.807) is 0 Å². The molecule has 1 aromatic rings. The molecule has 7 heteroatoms. The fraction of sp³-hybridized carbons (Fsp3) is 0.727. The summed E-state index contributed by atoms with van der Waals surface area (Å²) in [5.74, 6) is 0.669. The molecule has 0 aromatic carbocycles. The molecule has 0 radical (unpaired) electrons. The van der Waals surface area contributed by atoms with E-state index < -0.39 is 5.60 Å². The molecule has 0 unspecified atom stereocenters. The van der Waals surface area contributed by atoms with Crippen LogP contribution in [0.1, 0.15) is 26.7 Å². The van der Waals surface area contributed by atoms with E-state index >= 15 is 0 Å². The highest BCUT2D eigenvalue weighted by molar-refractivity contribution is 5.36. The topological polar surface area (TPSA) is 97.4 Å². The van der Waals surface area contributed by atoms with E-state index in [1.807, 2.05) is 18.7 Å². The van der Waals surface area contributed by atoms with Gasteiger partial charge in [0.2, 0.25) is 11.9 Å². The minimum absolute atomic E-state index is 0.154. The molecule has 0 aliphatic carbocycles. The molecule has 1 saturated heterocycles. The molecule has 3 N–H and O–H groups in total. The maximum atomic E-state index is 9.90. The molecular formula is C11H19N5O2. The number of aromatic nitrogens is 3. The normalized spacial score (nSPS) is 18.7. The summed E-state index contributed by atoms with van der Waals surface area (Å²) < 4.78 is 5.24. The van der Waals surface area contributed by atoms with Crippen LogP contribution in [0.2, 0.25) is 0 Å².